The van der Waals surface area contributed by atoms with Gasteiger partial charge in [-0.15, -0.1) is 0 Å². The first-order valence-electron chi connectivity index (χ1n) is 9.45. The van der Waals surface area contributed by atoms with Crippen LogP contribution in [-0.4, -0.2) is 13.2 Å². The maximum Gasteiger partial charge on any atom is 2.00 e. The monoisotopic (exact) mass is 526 g/mol. The van der Waals surface area contributed by atoms with Crippen LogP contribution in [0.4, 0.5) is 0 Å². The van der Waals surface area contributed by atoms with Gasteiger partial charge in [0.05, 0.1) is 28.9 Å². The van der Waals surface area contributed by atoms with Crippen molar-refractivity contribution in [3.63, 3.8) is 0 Å². The summed E-state index contributed by atoms with van der Waals surface area (Å²) in [4.78, 5) is 40.1. The van der Waals surface area contributed by atoms with Crippen molar-refractivity contribution in [1.29, 1.82) is 0 Å². The molecule has 0 aliphatic heterocycles. The van der Waals surface area contributed by atoms with E-state index >= 15 is 0 Å². The fourth-order valence-electron chi connectivity index (χ4n) is 2.12. The fraction of sp³-hybridized carbons (Fsp3) is 1.00. The third-order valence-corrected chi connectivity index (χ3v) is 4.49. The molecule has 0 radical (unpaired) electrons. The number of rotatable bonds is 16. The maximum absolute atomic E-state index is 10.0. The molecule has 0 aromatic rings. The Balaban J connectivity index is -0.000000120. The molecule has 8 nitrogen and oxygen atoms in total. The minimum atomic E-state index is -4.73. The van der Waals surface area contributed by atoms with Gasteiger partial charge in [-0.05, 0) is 12.8 Å². The topological polar surface area (TPSA) is 145 Å². The SMILES string of the molecule is CCCCCCCCOP(=O)([O-])[O-].CCCCCCCCOP(=O)([O-])[O-].[Na+].[Na+].[Zn+2]. The van der Waals surface area contributed by atoms with Gasteiger partial charge < -0.3 is 37.8 Å². The molecule has 160 valence electrons. The molecule has 0 heterocycles. The molecule has 0 amide bonds. The number of hydrogen-bond acceptors (Lipinski definition) is 8. The van der Waals surface area contributed by atoms with E-state index in [1.54, 1.807) is 0 Å². The second-order valence-electron chi connectivity index (χ2n) is 6.10. The van der Waals surface area contributed by atoms with Crippen LogP contribution in [0, 0.1) is 0 Å². The first kappa shape index (κ1) is 42.0. The van der Waals surface area contributed by atoms with Gasteiger partial charge in [-0.1, -0.05) is 78.1 Å². The average molecular weight is 528 g/mol. The van der Waals surface area contributed by atoms with E-state index in [0.717, 1.165) is 25.7 Å². The maximum atomic E-state index is 10.0. The molecule has 13 heteroatoms. The zero-order valence-electron chi connectivity index (χ0n) is 18.8. The second-order valence-corrected chi connectivity index (χ2v) is 8.40. The summed E-state index contributed by atoms with van der Waals surface area (Å²) in [6.45, 7) is 4.34. The van der Waals surface area contributed by atoms with E-state index in [-0.39, 0.29) is 91.8 Å². The smallest absolute Gasteiger partial charge is 0.790 e. The molecular formula is C16H34Na2O8P2Zn. The second kappa shape index (κ2) is 28.9. The van der Waals surface area contributed by atoms with Gasteiger partial charge in [-0.3, -0.25) is 0 Å². The van der Waals surface area contributed by atoms with Crippen molar-refractivity contribution in [2.45, 2.75) is 90.9 Å². The van der Waals surface area contributed by atoms with Crippen LogP contribution in [0.15, 0.2) is 0 Å². The van der Waals surface area contributed by atoms with Crippen LogP contribution >= 0.6 is 15.6 Å². The molecule has 0 atom stereocenters. The van der Waals surface area contributed by atoms with Gasteiger partial charge in [0.1, 0.15) is 0 Å². The van der Waals surface area contributed by atoms with E-state index in [0.29, 0.717) is 12.8 Å². The molecule has 0 aromatic carbocycles. The zero-order valence-corrected chi connectivity index (χ0v) is 27.5. The van der Waals surface area contributed by atoms with Crippen LogP contribution in [0.1, 0.15) is 90.9 Å². The predicted molar refractivity (Wildman–Crippen MR) is 93.9 cm³/mol. The summed E-state index contributed by atoms with van der Waals surface area (Å²) in [7, 11) is -9.45. The molecule has 0 aliphatic carbocycles. The molecule has 0 saturated heterocycles. The van der Waals surface area contributed by atoms with Gasteiger partial charge in [0.2, 0.25) is 0 Å². The van der Waals surface area contributed by atoms with Gasteiger partial charge in [0, 0.05) is 0 Å². The minimum Gasteiger partial charge on any atom is -0.790 e. The van der Waals surface area contributed by atoms with Crippen LogP contribution < -0.4 is 78.7 Å². The van der Waals surface area contributed by atoms with Crippen molar-refractivity contribution >= 4 is 15.6 Å². The predicted octanol–water partition coefficient (Wildman–Crippen LogP) is -3.61. The van der Waals surface area contributed by atoms with Gasteiger partial charge in [0.15, 0.2) is 0 Å². The Kier molecular flexibility index (Phi) is 41.9. The Morgan fingerprint density at radius 1 is 0.552 bits per heavy atom. The third-order valence-electron chi connectivity index (χ3n) is 3.49. The summed E-state index contributed by atoms with van der Waals surface area (Å²) >= 11 is 0. The number of phosphoric ester groups is 2. The standard InChI is InChI=1S/2C8H19O4P.2Na.Zn/c2*1-2-3-4-5-6-7-8-12-13(9,10)11;;;/h2*2-8H2,1H3,(H2,9,10,11);;;/q;;2*+1;+2/p-4. The van der Waals surface area contributed by atoms with E-state index in [4.69, 9.17) is 0 Å². The van der Waals surface area contributed by atoms with Crippen molar-refractivity contribution in [2.24, 2.45) is 0 Å². The van der Waals surface area contributed by atoms with Gasteiger partial charge >= 0.3 is 78.6 Å². The summed E-state index contributed by atoms with van der Waals surface area (Å²) in [5.74, 6) is 0. The van der Waals surface area contributed by atoms with Crippen molar-refractivity contribution in [2.75, 3.05) is 13.2 Å². The minimum absolute atomic E-state index is 0. The van der Waals surface area contributed by atoms with E-state index in [9.17, 15) is 28.7 Å². The Bertz CT molecular complexity index is 361. The van der Waals surface area contributed by atoms with Gasteiger partial charge in [-0.25, -0.2) is 0 Å². The molecule has 0 rings (SSSR count). The van der Waals surface area contributed by atoms with Crippen molar-refractivity contribution in [3.05, 3.63) is 0 Å². The summed E-state index contributed by atoms with van der Waals surface area (Å²) in [5.41, 5.74) is 0. The Labute approximate surface area is 233 Å². The molecular weight excluding hydrogens is 493 g/mol. The molecule has 0 aromatic heterocycles. The largest absolute Gasteiger partial charge is 2.00 e. The van der Waals surface area contributed by atoms with E-state index < -0.39 is 15.6 Å². The third kappa shape index (κ3) is 49.2. The summed E-state index contributed by atoms with van der Waals surface area (Å²) in [5, 5.41) is 0. The van der Waals surface area contributed by atoms with E-state index in [1.165, 1.54) is 38.5 Å². The first-order chi connectivity index (χ1) is 12.1. The van der Waals surface area contributed by atoms with Crippen LogP contribution in [-0.2, 0) is 37.7 Å². The molecule has 0 unspecified atom stereocenters. The molecule has 0 spiro atoms. The van der Waals surface area contributed by atoms with Crippen molar-refractivity contribution in [1.82, 2.24) is 0 Å². The average Bonchev–Trinajstić information content (AvgIpc) is 2.52. The quantitative estimate of drug-likeness (QED) is 0.114. The molecule has 29 heavy (non-hydrogen) atoms. The van der Waals surface area contributed by atoms with E-state index in [1.807, 2.05) is 0 Å². The van der Waals surface area contributed by atoms with Crippen molar-refractivity contribution in [3.8, 4) is 0 Å². The summed E-state index contributed by atoms with van der Waals surface area (Å²) in [6, 6.07) is 0. The van der Waals surface area contributed by atoms with Crippen LogP contribution in [0.3, 0.4) is 0 Å². The molecule has 0 N–H and O–H groups in total. The van der Waals surface area contributed by atoms with E-state index in [2.05, 4.69) is 22.9 Å². The first-order valence-corrected chi connectivity index (χ1v) is 12.4. The van der Waals surface area contributed by atoms with Crippen LogP contribution in [0.25, 0.3) is 0 Å². The molecule has 0 aliphatic rings. The normalized spacial score (nSPS) is 10.7. The van der Waals surface area contributed by atoms with Crippen LogP contribution in [0.5, 0.6) is 0 Å². The zero-order chi connectivity index (χ0) is 20.3. The Hall–Kier alpha value is 2.84. The number of hydrogen-bond donors (Lipinski definition) is 0. The van der Waals surface area contributed by atoms with Gasteiger partial charge in [0.25, 0.3) is 0 Å². The Morgan fingerprint density at radius 2 is 0.793 bits per heavy atom. The summed E-state index contributed by atoms with van der Waals surface area (Å²) in [6.07, 6.45) is 12.5. The van der Waals surface area contributed by atoms with Crippen molar-refractivity contribution < 1.29 is 116 Å². The molecule has 0 fully saturated rings. The number of phosphoric acid groups is 2. The molecule has 0 saturated carbocycles. The number of unbranched alkanes of at least 4 members (excludes halogenated alkanes) is 10. The molecule has 0 bridgehead atoms. The summed E-state index contributed by atoms with van der Waals surface area (Å²) < 4.78 is 28.2. The Morgan fingerprint density at radius 3 is 1.03 bits per heavy atom. The van der Waals surface area contributed by atoms with Gasteiger partial charge in [-0.2, -0.15) is 0 Å². The fourth-order valence-corrected chi connectivity index (χ4v) is 2.82. The van der Waals surface area contributed by atoms with Crippen LogP contribution in [0.2, 0.25) is 0 Å².